The van der Waals surface area contributed by atoms with Gasteiger partial charge in [0.15, 0.2) is 5.69 Å². The van der Waals surface area contributed by atoms with Crippen LogP contribution in [0.1, 0.15) is 23.2 Å². The molecular weight excluding hydrogens is 285 g/mol. The number of halogens is 2. The van der Waals surface area contributed by atoms with Gasteiger partial charge in [-0.15, -0.1) is 0 Å². The lowest BCUT2D eigenvalue weighted by Gasteiger charge is -2.09. The summed E-state index contributed by atoms with van der Waals surface area (Å²) < 4.78 is 19.7. The molecule has 1 heterocycles. The lowest BCUT2D eigenvalue weighted by atomic mass is 10.3. The molecule has 0 unspecified atom stereocenters. The number of anilines is 1. The number of nitrogen functional groups attached to an aromatic ring is 1. The minimum absolute atomic E-state index is 0.0127. The fourth-order valence-electron chi connectivity index (χ4n) is 1.88. The molecule has 5 nitrogen and oxygen atoms in total. The molecule has 0 fully saturated rings. The van der Waals surface area contributed by atoms with Crippen LogP contribution in [0.5, 0.6) is 0 Å². The Bertz CT molecular complexity index is 670. The molecule has 0 amide bonds. The minimum atomic E-state index is -0.634. The number of ether oxygens (including phenoxy) is 1. The second kappa shape index (κ2) is 5.50. The summed E-state index contributed by atoms with van der Waals surface area (Å²) in [6.07, 6.45) is 0.519. The van der Waals surface area contributed by atoms with E-state index in [0.717, 1.165) is 0 Å². The molecule has 0 aliphatic carbocycles. The summed E-state index contributed by atoms with van der Waals surface area (Å²) in [6.45, 7) is 1.85. The molecule has 0 saturated heterocycles. The van der Waals surface area contributed by atoms with Crippen LogP contribution in [0.3, 0.4) is 0 Å². The second-order valence-corrected chi connectivity index (χ2v) is 4.45. The Morgan fingerprint density at radius 2 is 2.25 bits per heavy atom. The molecule has 7 heteroatoms. The maximum Gasteiger partial charge on any atom is 0.360 e. The molecule has 0 atom stereocenters. The van der Waals surface area contributed by atoms with Crippen LogP contribution < -0.4 is 5.73 Å². The number of carbonyl (C=O) groups is 1. The van der Waals surface area contributed by atoms with E-state index >= 15 is 0 Å². The number of nitrogens with zero attached hydrogens (tertiary/aromatic N) is 2. The van der Waals surface area contributed by atoms with Crippen molar-refractivity contribution in [2.45, 2.75) is 13.3 Å². The average molecular weight is 298 g/mol. The van der Waals surface area contributed by atoms with Crippen LogP contribution in [-0.4, -0.2) is 22.6 Å². The SMILES string of the molecule is CCc1nc(C(=O)OC)c(N)n1-c1ccc(Cl)c(F)c1. The molecule has 20 heavy (non-hydrogen) atoms. The standard InChI is InChI=1S/C13H13ClFN3O2/c1-3-10-17-11(13(19)20-2)12(16)18(10)7-4-5-8(14)9(15)6-7/h4-6H,3,16H2,1-2H3. The van der Waals surface area contributed by atoms with Crippen LogP contribution in [0.2, 0.25) is 5.02 Å². The van der Waals surface area contributed by atoms with Gasteiger partial charge in [0.05, 0.1) is 17.8 Å². The smallest absolute Gasteiger partial charge is 0.360 e. The Morgan fingerprint density at radius 3 is 2.80 bits per heavy atom. The largest absolute Gasteiger partial charge is 0.464 e. The van der Waals surface area contributed by atoms with E-state index in [9.17, 15) is 9.18 Å². The third-order valence-corrected chi connectivity index (χ3v) is 3.15. The summed E-state index contributed by atoms with van der Waals surface area (Å²) >= 11 is 5.65. The summed E-state index contributed by atoms with van der Waals surface area (Å²) in [4.78, 5) is 15.7. The highest BCUT2D eigenvalue weighted by Crippen LogP contribution is 2.25. The highest BCUT2D eigenvalue weighted by Gasteiger charge is 2.21. The van der Waals surface area contributed by atoms with E-state index in [1.54, 1.807) is 6.07 Å². The van der Waals surface area contributed by atoms with E-state index < -0.39 is 11.8 Å². The van der Waals surface area contributed by atoms with Crippen molar-refractivity contribution < 1.29 is 13.9 Å². The Balaban J connectivity index is 2.63. The maximum absolute atomic E-state index is 13.6. The van der Waals surface area contributed by atoms with E-state index in [1.807, 2.05) is 6.92 Å². The second-order valence-electron chi connectivity index (χ2n) is 4.04. The van der Waals surface area contributed by atoms with Gasteiger partial charge in [-0.3, -0.25) is 4.57 Å². The van der Waals surface area contributed by atoms with Crippen molar-refractivity contribution in [2.75, 3.05) is 12.8 Å². The molecule has 1 aromatic heterocycles. The zero-order valence-electron chi connectivity index (χ0n) is 11.0. The number of imidazole rings is 1. The minimum Gasteiger partial charge on any atom is -0.464 e. The van der Waals surface area contributed by atoms with Crippen molar-refractivity contribution in [2.24, 2.45) is 0 Å². The highest BCUT2D eigenvalue weighted by molar-refractivity contribution is 6.30. The summed E-state index contributed by atoms with van der Waals surface area (Å²) in [5.41, 5.74) is 6.38. The van der Waals surface area contributed by atoms with Gasteiger partial charge in [-0.1, -0.05) is 18.5 Å². The Labute approximate surface area is 120 Å². The van der Waals surface area contributed by atoms with E-state index in [2.05, 4.69) is 9.72 Å². The van der Waals surface area contributed by atoms with E-state index in [0.29, 0.717) is 17.9 Å². The normalized spacial score (nSPS) is 10.6. The fourth-order valence-corrected chi connectivity index (χ4v) is 2.00. The van der Waals surface area contributed by atoms with Crippen LogP contribution in [0.15, 0.2) is 18.2 Å². The lowest BCUT2D eigenvalue weighted by Crippen LogP contribution is -2.08. The quantitative estimate of drug-likeness (QED) is 0.884. The van der Waals surface area contributed by atoms with Gasteiger partial charge in [-0.25, -0.2) is 14.2 Å². The van der Waals surface area contributed by atoms with Gasteiger partial charge < -0.3 is 10.5 Å². The molecule has 2 rings (SSSR count). The molecule has 2 aromatic rings. The molecule has 0 radical (unpaired) electrons. The number of nitrogens with two attached hydrogens (primary N) is 1. The van der Waals surface area contributed by atoms with Crippen LogP contribution in [0.25, 0.3) is 5.69 Å². The van der Waals surface area contributed by atoms with Crippen LogP contribution in [-0.2, 0) is 11.2 Å². The number of carbonyl (C=O) groups excluding carboxylic acids is 1. The number of benzene rings is 1. The summed E-state index contributed by atoms with van der Waals surface area (Å²) in [6, 6.07) is 4.26. The van der Waals surface area contributed by atoms with Gasteiger partial charge in [-0.05, 0) is 18.2 Å². The number of hydrogen-bond acceptors (Lipinski definition) is 4. The fraction of sp³-hybridized carbons (Fsp3) is 0.231. The molecule has 0 aliphatic heterocycles. The van der Waals surface area contributed by atoms with Gasteiger partial charge in [0.2, 0.25) is 0 Å². The van der Waals surface area contributed by atoms with Crippen LogP contribution in [0, 0.1) is 5.82 Å². The number of aryl methyl sites for hydroxylation is 1. The molecular formula is C13H13ClFN3O2. The first-order chi connectivity index (χ1) is 9.49. The Morgan fingerprint density at radius 1 is 1.55 bits per heavy atom. The van der Waals surface area contributed by atoms with Gasteiger partial charge in [0.25, 0.3) is 0 Å². The summed E-state index contributed by atoms with van der Waals surface area (Å²) in [5, 5.41) is 0.0127. The number of hydrogen-bond donors (Lipinski definition) is 1. The molecule has 0 spiro atoms. The third kappa shape index (κ3) is 2.34. The van der Waals surface area contributed by atoms with Crippen molar-refractivity contribution in [1.82, 2.24) is 9.55 Å². The molecule has 0 bridgehead atoms. The molecule has 0 saturated carbocycles. The predicted octanol–water partition coefficient (Wildman–Crippen LogP) is 2.60. The first kappa shape index (κ1) is 14.3. The van der Waals surface area contributed by atoms with E-state index in [4.69, 9.17) is 17.3 Å². The van der Waals surface area contributed by atoms with Crippen molar-refractivity contribution in [3.8, 4) is 5.69 Å². The van der Waals surface area contributed by atoms with E-state index in [-0.39, 0.29) is 16.5 Å². The predicted molar refractivity (Wildman–Crippen MR) is 73.7 cm³/mol. The number of aromatic nitrogens is 2. The number of rotatable bonds is 3. The van der Waals surface area contributed by atoms with Crippen molar-refractivity contribution in [1.29, 1.82) is 0 Å². The van der Waals surface area contributed by atoms with Crippen molar-refractivity contribution in [3.63, 3.8) is 0 Å². The zero-order chi connectivity index (χ0) is 14.9. The first-order valence-corrected chi connectivity index (χ1v) is 6.28. The molecule has 0 aliphatic rings. The number of methoxy groups -OCH3 is 1. The lowest BCUT2D eigenvalue weighted by molar-refractivity contribution is 0.0596. The highest BCUT2D eigenvalue weighted by atomic mass is 35.5. The van der Waals surface area contributed by atoms with E-state index in [1.165, 1.54) is 23.8 Å². The molecule has 106 valence electrons. The monoisotopic (exact) mass is 297 g/mol. The van der Waals surface area contributed by atoms with Gasteiger partial charge in [0, 0.05) is 6.42 Å². The topological polar surface area (TPSA) is 70.1 Å². The van der Waals surface area contributed by atoms with Gasteiger partial charge in [-0.2, -0.15) is 0 Å². The molecule has 2 N–H and O–H groups in total. The first-order valence-electron chi connectivity index (χ1n) is 5.90. The van der Waals surface area contributed by atoms with Gasteiger partial charge in [0.1, 0.15) is 17.5 Å². The van der Waals surface area contributed by atoms with Crippen LogP contribution >= 0.6 is 11.6 Å². The maximum atomic E-state index is 13.6. The number of esters is 1. The summed E-state index contributed by atoms with van der Waals surface area (Å²) in [5.74, 6) is -0.565. The van der Waals surface area contributed by atoms with Gasteiger partial charge >= 0.3 is 5.97 Å². The summed E-state index contributed by atoms with van der Waals surface area (Å²) in [7, 11) is 1.24. The Hall–Kier alpha value is -2.08. The zero-order valence-corrected chi connectivity index (χ0v) is 11.7. The van der Waals surface area contributed by atoms with Crippen LogP contribution in [0.4, 0.5) is 10.2 Å². The third-order valence-electron chi connectivity index (χ3n) is 2.84. The molecule has 1 aromatic carbocycles. The van der Waals surface area contributed by atoms with Crippen molar-refractivity contribution >= 4 is 23.4 Å². The average Bonchev–Trinajstić information content (AvgIpc) is 2.78. The van der Waals surface area contributed by atoms with Crippen molar-refractivity contribution in [3.05, 3.63) is 40.6 Å². The Kier molecular flexibility index (Phi) is 3.94.